The van der Waals surface area contributed by atoms with Gasteiger partial charge in [0.1, 0.15) is 5.75 Å². The average molecular weight is 434 g/mol. The van der Waals surface area contributed by atoms with Crippen LogP contribution in [-0.2, 0) is 6.42 Å². The third kappa shape index (κ3) is 3.28. The zero-order chi connectivity index (χ0) is 22.2. The SMILES string of the molecule is COc1cc2c(C(=O)N3CCCCC3)cn(-c3cccc4c3CCO4)c(=O)c2cc1OC. The van der Waals surface area contributed by atoms with Crippen LogP contribution in [0.4, 0.5) is 0 Å². The van der Waals surface area contributed by atoms with Crippen LogP contribution in [0, 0.1) is 0 Å². The van der Waals surface area contributed by atoms with E-state index >= 15 is 0 Å². The number of hydrogen-bond donors (Lipinski definition) is 0. The maximum atomic E-state index is 13.6. The van der Waals surface area contributed by atoms with Gasteiger partial charge < -0.3 is 19.1 Å². The van der Waals surface area contributed by atoms with Gasteiger partial charge in [-0.05, 0) is 43.5 Å². The van der Waals surface area contributed by atoms with E-state index in [-0.39, 0.29) is 11.5 Å². The van der Waals surface area contributed by atoms with Crippen molar-refractivity contribution >= 4 is 16.7 Å². The molecule has 1 saturated heterocycles. The molecule has 32 heavy (non-hydrogen) atoms. The number of methoxy groups -OCH3 is 2. The van der Waals surface area contributed by atoms with E-state index in [4.69, 9.17) is 14.2 Å². The van der Waals surface area contributed by atoms with E-state index < -0.39 is 0 Å². The van der Waals surface area contributed by atoms with Gasteiger partial charge in [-0.25, -0.2) is 0 Å². The Kier molecular flexibility index (Phi) is 5.25. The molecule has 166 valence electrons. The van der Waals surface area contributed by atoms with Crippen LogP contribution >= 0.6 is 0 Å². The zero-order valence-corrected chi connectivity index (χ0v) is 18.3. The molecule has 0 atom stereocenters. The van der Waals surface area contributed by atoms with E-state index in [1.54, 1.807) is 30.0 Å². The fraction of sp³-hybridized carbons (Fsp3) is 0.360. The van der Waals surface area contributed by atoms with Gasteiger partial charge in [-0.3, -0.25) is 14.2 Å². The minimum absolute atomic E-state index is 0.0699. The first-order chi connectivity index (χ1) is 15.6. The molecule has 0 unspecified atom stereocenters. The van der Waals surface area contributed by atoms with Crippen LogP contribution < -0.4 is 19.8 Å². The number of carbonyl (C=O) groups is 1. The van der Waals surface area contributed by atoms with Crippen LogP contribution in [0.15, 0.2) is 41.3 Å². The summed E-state index contributed by atoms with van der Waals surface area (Å²) in [5, 5.41) is 0.991. The number of pyridine rings is 1. The van der Waals surface area contributed by atoms with Gasteiger partial charge in [-0.2, -0.15) is 0 Å². The molecule has 3 aromatic rings. The van der Waals surface area contributed by atoms with Crippen molar-refractivity contribution in [1.82, 2.24) is 9.47 Å². The summed E-state index contributed by atoms with van der Waals surface area (Å²) < 4.78 is 18.2. The van der Waals surface area contributed by atoms with E-state index in [1.807, 2.05) is 23.1 Å². The van der Waals surface area contributed by atoms with Crippen LogP contribution in [0.5, 0.6) is 17.2 Å². The summed E-state index contributed by atoms with van der Waals surface area (Å²) in [5.41, 5.74) is 2.00. The molecule has 1 fully saturated rings. The third-order valence-corrected chi connectivity index (χ3v) is 6.37. The van der Waals surface area contributed by atoms with Gasteiger partial charge in [0.2, 0.25) is 0 Å². The van der Waals surface area contributed by atoms with Gasteiger partial charge in [0.25, 0.3) is 11.5 Å². The molecule has 0 saturated carbocycles. The number of amides is 1. The normalized spacial score (nSPS) is 15.4. The number of fused-ring (bicyclic) bond motifs is 2. The van der Waals surface area contributed by atoms with Crippen LogP contribution in [0.2, 0.25) is 0 Å². The molecule has 0 radical (unpaired) electrons. The van der Waals surface area contributed by atoms with Gasteiger partial charge in [0.15, 0.2) is 11.5 Å². The Hall–Kier alpha value is -3.48. The standard InChI is InChI=1S/C25H26N2O5/c1-30-22-13-17-18(14-23(22)31-2)25(29)27(20-7-6-8-21-16(20)9-12-32-21)15-19(17)24(28)26-10-4-3-5-11-26/h6-8,13-15H,3-5,9-12H2,1-2H3. The Balaban J connectivity index is 1.79. The Bertz CT molecular complexity index is 1260. The Morgan fingerprint density at radius 3 is 2.44 bits per heavy atom. The summed E-state index contributed by atoms with van der Waals surface area (Å²) in [6, 6.07) is 9.08. The molecule has 2 aromatic carbocycles. The zero-order valence-electron chi connectivity index (χ0n) is 18.3. The molecule has 0 bridgehead atoms. The van der Waals surface area contributed by atoms with Gasteiger partial charge in [-0.1, -0.05) is 6.07 Å². The highest BCUT2D eigenvalue weighted by Gasteiger charge is 2.25. The second kappa shape index (κ2) is 8.22. The van der Waals surface area contributed by atoms with Crippen molar-refractivity contribution < 1.29 is 19.0 Å². The highest BCUT2D eigenvalue weighted by atomic mass is 16.5. The number of carbonyl (C=O) groups excluding carboxylic acids is 1. The van der Waals surface area contributed by atoms with Crippen molar-refractivity contribution in [3.8, 4) is 22.9 Å². The predicted octanol–water partition coefficient (Wildman–Crippen LogP) is 3.57. The largest absolute Gasteiger partial charge is 0.493 e. The van der Waals surface area contributed by atoms with Gasteiger partial charge in [-0.15, -0.1) is 0 Å². The first-order valence-corrected chi connectivity index (χ1v) is 11.0. The maximum Gasteiger partial charge on any atom is 0.263 e. The molecule has 5 rings (SSSR count). The van der Waals surface area contributed by atoms with Crippen molar-refractivity contribution in [2.45, 2.75) is 25.7 Å². The Morgan fingerprint density at radius 1 is 1.00 bits per heavy atom. The lowest BCUT2D eigenvalue weighted by Crippen LogP contribution is -2.36. The number of likely N-dealkylation sites (tertiary alicyclic amines) is 1. The molecular weight excluding hydrogens is 408 g/mol. The lowest BCUT2D eigenvalue weighted by atomic mass is 10.0. The molecule has 1 aromatic heterocycles. The number of rotatable bonds is 4. The first kappa shape index (κ1) is 20.4. The van der Waals surface area contributed by atoms with E-state index in [2.05, 4.69) is 0 Å². The average Bonchev–Trinajstić information content (AvgIpc) is 3.33. The molecule has 2 aliphatic rings. The van der Waals surface area contributed by atoms with Crippen molar-refractivity contribution in [2.75, 3.05) is 33.9 Å². The number of aromatic nitrogens is 1. The van der Waals surface area contributed by atoms with E-state index in [0.717, 1.165) is 55.8 Å². The molecule has 3 heterocycles. The summed E-state index contributed by atoms with van der Waals surface area (Å²) in [4.78, 5) is 29.1. The molecule has 1 amide bonds. The highest BCUT2D eigenvalue weighted by Crippen LogP contribution is 2.35. The highest BCUT2D eigenvalue weighted by molar-refractivity contribution is 6.07. The summed E-state index contributed by atoms with van der Waals surface area (Å²) in [6.45, 7) is 2.03. The molecule has 7 heteroatoms. The predicted molar refractivity (Wildman–Crippen MR) is 122 cm³/mol. The number of benzene rings is 2. The van der Waals surface area contributed by atoms with Crippen molar-refractivity contribution in [3.63, 3.8) is 0 Å². The smallest absolute Gasteiger partial charge is 0.263 e. The van der Waals surface area contributed by atoms with Crippen molar-refractivity contribution in [2.24, 2.45) is 0 Å². The molecule has 7 nitrogen and oxygen atoms in total. The number of ether oxygens (including phenoxy) is 3. The quantitative estimate of drug-likeness (QED) is 0.628. The summed E-state index contributed by atoms with van der Waals surface area (Å²) in [5.74, 6) is 1.65. The topological polar surface area (TPSA) is 70.0 Å². The van der Waals surface area contributed by atoms with E-state index in [9.17, 15) is 9.59 Å². The van der Waals surface area contributed by atoms with E-state index in [0.29, 0.717) is 34.4 Å². The lowest BCUT2D eigenvalue weighted by molar-refractivity contribution is 0.0725. The molecule has 2 aliphatic heterocycles. The van der Waals surface area contributed by atoms with Crippen molar-refractivity contribution in [1.29, 1.82) is 0 Å². The van der Waals surface area contributed by atoms with Crippen molar-refractivity contribution in [3.05, 3.63) is 58.0 Å². The third-order valence-electron chi connectivity index (χ3n) is 6.37. The number of hydrogen-bond acceptors (Lipinski definition) is 5. The van der Waals surface area contributed by atoms with Gasteiger partial charge in [0, 0.05) is 36.7 Å². The monoisotopic (exact) mass is 434 g/mol. The minimum Gasteiger partial charge on any atom is -0.493 e. The fourth-order valence-corrected chi connectivity index (χ4v) is 4.71. The second-order valence-electron chi connectivity index (χ2n) is 8.18. The van der Waals surface area contributed by atoms with Crippen LogP contribution in [0.25, 0.3) is 16.5 Å². The van der Waals surface area contributed by atoms with E-state index in [1.165, 1.54) is 7.11 Å². The van der Waals surface area contributed by atoms with Crippen LogP contribution in [-0.4, -0.2) is 49.3 Å². The minimum atomic E-state index is -0.212. The Labute approximate surface area is 186 Å². The Morgan fingerprint density at radius 2 is 1.72 bits per heavy atom. The van der Waals surface area contributed by atoms with Crippen LogP contribution in [0.1, 0.15) is 35.2 Å². The van der Waals surface area contributed by atoms with Gasteiger partial charge >= 0.3 is 0 Å². The molecular formula is C25H26N2O5. The number of nitrogens with zero attached hydrogens (tertiary/aromatic N) is 2. The summed E-state index contributed by atoms with van der Waals surface area (Å²) >= 11 is 0. The second-order valence-corrected chi connectivity index (χ2v) is 8.18. The molecule has 0 aliphatic carbocycles. The lowest BCUT2D eigenvalue weighted by Gasteiger charge is -2.27. The molecule has 0 spiro atoms. The van der Waals surface area contributed by atoms with Gasteiger partial charge in [0.05, 0.1) is 37.5 Å². The maximum absolute atomic E-state index is 13.6. The number of piperidine rings is 1. The summed E-state index contributed by atoms with van der Waals surface area (Å²) in [6.07, 6.45) is 5.51. The first-order valence-electron chi connectivity index (χ1n) is 11.0. The van der Waals surface area contributed by atoms with Crippen LogP contribution in [0.3, 0.4) is 0 Å². The summed E-state index contributed by atoms with van der Waals surface area (Å²) in [7, 11) is 3.08. The molecule has 0 N–H and O–H groups in total. The fourth-order valence-electron chi connectivity index (χ4n) is 4.71.